The molecule has 6 rings (SSSR count). The van der Waals surface area contributed by atoms with E-state index in [2.05, 4.69) is 59.1 Å². The summed E-state index contributed by atoms with van der Waals surface area (Å²) >= 11 is 6.85. The van der Waals surface area contributed by atoms with E-state index in [0.29, 0.717) is 28.3 Å². The second-order valence-electron chi connectivity index (χ2n) is 9.43. The Morgan fingerprint density at radius 2 is 2.03 bits per heavy atom. The number of rotatable bonds is 4. The number of hydrogen-bond donors (Lipinski definition) is 2. The number of benzene rings is 1. The van der Waals surface area contributed by atoms with E-state index in [1.165, 1.54) is 6.33 Å². The molecular formula is C24H21Br2N7O2. The number of carbonyl (C=O) groups excluding carboxylic acids is 2. The van der Waals surface area contributed by atoms with Gasteiger partial charge in [0.05, 0.1) is 10.9 Å². The van der Waals surface area contributed by atoms with Crippen molar-refractivity contribution in [3.63, 3.8) is 0 Å². The van der Waals surface area contributed by atoms with Crippen molar-refractivity contribution in [3.05, 3.63) is 51.8 Å². The molecule has 0 bridgehead atoms. The van der Waals surface area contributed by atoms with Gasteiger partial charge in [0.15, 0.2) is 0 Å². The maximum atomic E-state index is 13.8. The smallest absolute Gasteiger partial charge is 0.248 e. The maximum absolute atomic E-state index is 13.8. The lowest BCUT2D eigenvalue weighted by atomic mass is 10.0. The number of hydrogen-bond acceptors (Lipinski definition) is 6. The average Bonchev–Trinajstić information content (AvgIpc) is 3.22. The SMILES string of the molecule is C[C@@]12C[C@@H](C(=O)Nc3cccc(Br)n3)N(C(=O)Cn3c4cc(Br)ccc4c4c(N)ncnc43)[C@@H]1C2. The van der Waals surface area contributed by atoms with E-state index < -0.39 is 6.04 Å². The first-order valence-electron chi connectivity index (χ1n) is 11.2. The lowest BCUT2D eigenvalue weighted by Gasteiger charge is -2.27. The third-order valence-corrected chi connectivity index (χ3v) is 8.05. The topological polar surface area (TPSA) is 119 Å². The molecule has 3 atom stereocenters. The van der Waals surface area contributed by atoms with Crippen molar-refractivity contribution in [2.75, 3.05) is 11.1 Å². The largest absolute Gasteiger partial charge is 0.383 e. The Balaban J connectivity index is 1.35. The maximum Gasteiger partial charge on any atom is 0.248 e. The molecule has 35 heavy (non-hydrogen) atoms. The molecule has 11 heteroatoms. The van der Waals surface area contributed by atoms with Crippen LogP contribution < -0.4 is 11.1 Å². The molecule has 9 nitrogen and oxygen atoms in total. The van der Waals surface area contributed by atoms with Gasteiger partial charge in [-0.1, -0.05) is 35.0 Å². The molecule has 3 aromatic heterocycles. The number of nitrogens with one attached hydrogen (secondary N) is 1. The van der Waals surface area contributed by atoms with E-state index in [4.69, 9.17) is 5.73 Å². The average molecular weight is 599 g/mol. The molecule has 1 aromatic carbocycles. The molecule has 0 spiro atoms. The Morgan fingerprint density at radius 1 is 1.20 bits per heavy atom. The van der Waals surface area contributed by atoms with Crippen LogP contribution >= 0.6 is 31.9 Å². The van der Waals surface area contributed by atoms with Gasteiger partial charge in [0.1, 0.15) is 40.8 Å². The van der Waals surface area contributed by atoms with Crippen molar-refractivity contribution in [2.24, 2.45) is 5.41 Å². The molecule has 1 aliphatic heterocycles. The highest BCUT2D eigenvalue weighted by molar-refractivity contribution is 9.10. The normalized spacial score (nSPS) is 23.0. The second-order valence-corrected chi connectivity index (χ2v) is 11.2. The van der Waals surface area contributed by atoms with Gasteiger partial charge in [-0.15, -0.1) is 0 Å². The molecule has 4 heterocycles. The number of aromatic nitrogens is 4. The summed E-state index contributed by atoms with van der Waals surface area (Å²) in [4.78, 5) is 41.7. The van der Waals surface area contributed by atoms with Crippen LogP contribution in [0.15, 0.2) is 51.8 Å². The fraction of sp³-hybridized carbons (Fsp3) is 0.292. The van der Waals surface area contributed by atoms with Gasteiger partial charge in [-0.25, -0.2) is 15.0 Å². The number of fused-ring (bicyclic) bond motifs is 4. The number of piperidine rings is 1. The van der Waals surface area contributed by atoms with Crippen LogP contribution in [0.2, 0.25) is 0 Å². The van der Waals surface area contributed by atoms with Gasteiger partial charge in [-0.2, -0.15) is 0 Å². The molecule has 3 N–H and O–H groups in total. The van der Waals surface area contributed by atoms with Crippen LogP contribution in [0.1, 0.15) is 19.8 Å². The first-order chi connectivity index (χ1) is 16.7. The second kappa shape index (κ2) is 7.99. The van der Waals surface area contributed by atoms with Gasteiger partial charge in [-0.05, 0) is 58.5 Å². The molecule has 1 saturated carbocycles. The van der Waals surface area contributed by atoms with E-state index in [0.717, 1.165) is 27.2 Å². The number of amides is 2. The van der Waals surface area contributed by atoms with Gasteiger partial charge in [-0.3, -0.25) is 9.59 Å². The minimum absolute atomic E-state index is 0.0401. The molecule has 2 aliphatic rings. The number of likely N-dealkylation sites (tertiary alicyclic amines) is 1. The minimum atomic E-state index is -0.563. The fourth-order valence-corrected chi connectivity index (χ4v) is 6.02. The lowest BCUT2D eigenvalue weighted by molar-refractivity contribution is -0.138. The number of carbonyl (C=O) groups is 2. The van der Waals surface area contributed by atoms with Crippen molar-refractivity contribution in [1.82, 2.24) is 24.4 Å². The summed E-state index contributed by atoms with van der Waals surface area (Å²) in [7, 11) is 0. The lowest BCUT2D eigenvalue weighted by Crippen LogP contribution is -2.46. The Morgan fingerprint density at radius 3 is 2.83 bits per heavy atom. The van der Waals surface area contributed by atoms with Gasteiger partial charge in [0.25, 0.3) is 0 Å². The summed E-state index contributed by atoms with van der Waals surface area (Å²) in [6, 6.07) is 10.6. The quantitative estimate of drug-likeness (QED) is 0.341. The number of nitrogens with zero attached hydrogens (tertiary/aromatic N) is 5. The standard InChI is InChI=1S/C24H21Br2N7O2/c1-24-8-15(23(35)31-18-4-2-3-17(26)30-18)33(16(24)9-24)19(34)10-32-14-7-12(25)5-6-13(14)20-21(27)28-11-29-22(20)32/h2-7,11,15-16H,8-10H2,1H3,(H2,27,28,29)(H,30,31,35)/t15-,16+,24-/m0/s1. The van der Waals surface area contributed by atoms with E-state index in [1.54, 1.807) is 23.1 Å². The molecule has 1 saturated heterocycles. The Bertz CT molecular complexity index is 1540. The molecule has 2 fully saturated rings. The highest BCUT2D eigenvalue weighted by Gasteiger charge is 2.64. The predicted octanol–water partition coefficient (Wildman–Crippen LogP) is 4.10. The van der Waals surface area contributed by atoms with Gasteiger partial charge in [0, 0.05) is 15.9 Å². The minimum Gasteiger partial charge on any atom is -0.383 e. The summed E-state index contributed by atoms with van der Waals surface area (Å²) in [5.74, 6) is 0.452. The zero-order valence-corrected chi connectivity index (χ0v) is 21.9. The van der Waals surface area contributed by atoms with Crippen LogP contribution in [-0.2, 0) is 16.1 Å². The molecule has 0 radical (unpaired) electrons. The van der Waals surface area contributed by atoms with Crippen LogP contribution in [0.3, 0.4) is 0 Å². The number of anilines is 2. The van der Waals surface area contributed by atoms with E-state index in [9.17, 15) is 9.59 Å². The van der Waals surface area contributed by atoms with Crippen LogP contribution in [0.5, 0.6) is 0 Å². The van der Waals surface area contributed by atoms with E-state index in [1.807, 2.05) is 22.8 Å². The van der Waals surface area contributed by atoms with Crippen LogP contribution in [0, 0.1) is 5.41 Å². The van der Waals surface area contributed by atoms with Crippen molar-refractivity contribution in [3.8, 4) is 0 Å². The fourth-order valence-electron chi connectivity index (χ4n) is 5.33. The summed E-state index contributed by atoms with van der Waals surface area (Å²) in [5.41, 5.74) is 7.56. The molecule has 0 unspecified atom stereocenters. The molecule has 1 aliphatic carbocycles. The summed E-state index contributed by atoms with van der Waals surface area (Å²) in [6.07, 6.45) is 2.92. The van der Waals surface area contributed by atoms with E-state index in [-0.39, 0.29) is 29.8 Å². The number of nitrogens with two attached hydrogens (primary N) is 1. The Labute approximate surface area is 217 Å². The van der Waals surface area contributed by atoms with E-state index >= 15 is 0 Å². The molecule has 178 valence electrons. The van der Waals surface area contributed by atoms with Crippen LogP contribution in [-0.4, -0.2) is 48.3 Å². The highest BCUT2D eigenvalue weighted by Crippen LogP contribution is 2.59. The predicted molar refractivity (Wildman–Crippen MR) is 139 cm³/mol. The molecule has 2 amide bonds. The monoisotopic (exact) mass is 597 g/mol. The molecular weight excluding hydrogens is 578 g/mol. The first-order valence-corrected chi connectivity index (χ1v) is 12.8. The van der Waals surface area contributed by atoms with Crippen LogP contribution in [0.4, 0.5) is 11.6 Å². The Kier molecular flexibility index (Phi) is 5.12. The van der Waals surface area contributed by atoms with Crippen molar-refractivity contribution in [1.29, 1.82) is 0 Å². The third kappa shape index (κ3) is 3.68. The zero-order chi connectivity index (χ0) is 24.5. The summed E-state index contributed by atoms with van der Waals surface area (Å²) in [6.45, 7) is 2.17. The van der Waals surface area contributed by atoms with Gasteiger partial charge >= 0.3 is 0 Å². The third-order valence-electron chi connectivity index (χ3n) is 7.12. The number of nitrogen functional groups attached to an aromatic ring is 1. The molecule has 4 aromatic rings. The first kappa shape index (κ1) is 22.4. The van der Waals surface area contributed by atoms with Gasteiger partial charge in [0.2, 0.25) is 11.8 Å². The Hall–Kier alpha value is -3.05. The van der Waals surface area contributed by atoms with Crippen molar-refractivity contribution >= 4 is 77.2 Å². The number of pyridine rings is 1. The number of halogens is 2. The zero-order valence-electron chi connectivity index (χ0n) is 18.7. The van der Waals surface area contributed by atoms with Crippen LogP contribution in [0.25, 0.3) is 21.9 Å². The van der Waals surface area contributed by atoms with Gasteiger partial charge < -0.3 is 20.5 Å². The summed E-state index contributed by atoms with van der Waals surface area (Å²) in [5, 5.41) is 4.47. The summed E-state index contributed by atoms with van der Waals surface area (Å²) < 4.78 is 3.37. The van der Waals surface area contributed by atoms with Crippen molar-refractivity contribution in [2.45, 2.75) is 38.4 Å². The highest BCUT2D eigenvalue weighted by atomic mass is 79.9. The van der Waals surface area contributed by atoms with Crippen molar-refractivity contribution < 1.29 is 9.59 Å².